The number of benzene rings is 1. The summed E-state index contributed by atoms with van der Waals surface area (Å²) in [7, 11) is 0. The standard InChI is InChI=1S/C16H26N2O/c1-9-10(2)12(4)16(13(5)11(9)3)14(17)7-6-8-15(18)19/h14H,6-8,17H2,1-5H3,(H2,18,19). The number of nitrogens with two attached hydrogens (primary N) is 2. The first-order valence-corrected chi connectivity index (χ1v) is 6.88. The fourth-order valence-corrected chi connectivity index (χ4v) is 2.73. The molecule has 0 fully saturated rings. The summed E-state index contributed by atoms with van der Waals surface area (Å²) in [6.45, 7) is 10.7. The minimum Gasteiger partial charge on any atom is -0.370 e. The van der Waals surface area contributed by atoms with Crippen LogP contribution in [0.3, 0.4) is 0 Å². The first-order chi connectivity index (χ1) is 8.77. The summed E-state index contributed by atoms with van der Waals surface area (Å²) in [5.74, 6) is -0.253. The summed E-state index contributed by atoms with van der Waals surface area (Å²) >= 11 is 0. The monoisotopic (exact) mass is 262 g/mol. The Morgan fingerprint density at radius 1 is 0.947 bits per heavy atom. The van der Waals surface area contributed by atoms with Crippen LogP contribution in [-0.2, 0) is 4.79 Å². The molecule has 0 aromatic heterocycles. The summed E-state index contributed by atoms with van der Waals surface area (Å²) in [6.07, 6.45) is 1.96. The molecule has 106 valence electrons. The first kappa shape index (κ1) is 15.7. The lowest BCUT2D eigenvalue weighted by atomic mass is 9.85. The lowest BCUT2D eigenvalue weighted by Gasteiger charge is -2.23. The Bertz CT molecular complexity index is 463. The minimum absolute atomic E-state index is 0.0163. The van der Waals surface area contributed by atoms with Crippen molar-refractivity contribution in [1.82, 2.24) is 0 Å². The number of hydrogen-bond donors (Lipinski definition) is 2. The van der Waals surface area contributed by atoms with Crippen molar-refractivity contribution in [2.24, 2.45) is 11.5 Å². The maximum atomic E-state index is 10.8. The molecule has 0 aliphatic carbocycles. The topological polar surface area (TPSA) is 69.1 Å². The van der Waals surface area contributed by atoms with Gasteiger partial charge in [-0.2, -0.15) is 0 Å². The predicted molar refractivity (Wildman–Crippen MR) is 80.1 cm³/mol. The molecule has 1 amide bonds. The molecular weight excluding hydrogens is 236 g/mol. The molecule has 0 saturated heterocycles. The van der Waals surface area contributed by atoms with Gasteiger partial charge in [0.05, 0.1) is 0 Å². The molecule has 0 spiro atoms. The zero-order valence-electron chi connectivity index (χ0n) is 12.8. The minimum atomic E-state index is -0.253. The molecule has 1 atom stereocenters. The lowest BCUT2D eigenvalue weighted by Crippen LogP contribution is -2.17. The molecule has 0 bridgehead atoms. The lowest BCUT2D eigenvalue weighted by molar-refractivity contribution is -0.118. The van der Waals surface area contributed by atoms with Crippen molar-refractivity contribution in [2.45, 2.75) is 59.9 Å². The van der Waals surface area contributed by atoms with Gasteiger partial charge in [-0.05, 0) is 80.8 Å². The Labute approximate surface area is 116 Å². The molecule has 1 rings (SSSR count). The summed E-state index contributed by atoms with van der Waals surface area (Å²) in [6, 6.07) is -0.0163. The highest BCUT2D eigenvalue weighted by Crippen LogP contribution is 2.31. The van der Waals surface area contributed by atoms with Gasteiger partial charge in [0.25, 0.3) is 0 Å². The van der Waals surface area contributed by atoms with Crippen molar-refractivity contribution in [1.29, 1.82) is 0 Å². The summed E-state index contributed by atoms with van der Waals surface area (Å²) < 4.78 is 0. The molecule has 1 unspecified atom stereocenters. The van der Waals surface area contributed by atoms with Crippen LogP contribution in [0.5, 0.6) is 0 Å². The molecule has 0 radical (unpaired) electrons. The normalized spacial score (nSPS) is 12.5. The molecule has 0 aliphatic heterocycles. The SMILES string of the molecule is Cc1c(C)c(C)c(C(N)CCCC(N)=O)c(C)c1C. The Kier molecular flexibility index (Phi) is 5.12. The van der Waals surface area contributed by atoms with Gasteiger partial charge in [0.2, 0.25) is 5.91 Å². The highest BCUT2D eigenvalue weighted by molar-refractivity contribution is 5.73. The van der Waals surface area contributed by atoms with E-state index < -0.39 is 0 Å². The Balaban J connectivity index is 3.03. The predicted octanol–water partition coefficient (Wildman–Crippen LogP) is 2.88. The van der Waals surface area contributed by atoms with Gasteiger partial charge in [-0.1, -0.05) is 0 Å². The third-order valence-electron chi connectivity index (χ3n) is 4.37. The van der Waals surface area contributed by atoms with Crippen molar-refractivity contribution in [2.75, 3.05) is 0 Å². The Hall–Kier alpha value is -1.35. The number of carbonyl (C=O) groups is 1. The smallest absolute Gasteiger partial charge is 0.217 e. The van der Waals surface area contributed by atoms with E-state index >= 15 is 0 Å². The van der Waals surface area contributed by atoms with Crippen molar-refractivity contribution in [3.8, 4) is 0 Å². The van der Waals surface area contributed by atoms with E-state index in [1.165, 1.54) is 33.4 Å². The number of rotatable bonds is 5. The van der Waals surface area contributed by atoms with Crippen molar-refractivity contribution in [3.63, 3.8) is 0 Å². The van der Waals surface area contributed by atoms with Crippen LogP contribution in [0.4, 0.5) is 0 Å². The number of carbonyl (C=O) groups excluding carboxylic acids is 1. The van der Waals surface area contributed by atoms with E-state index in [1.807, 2.05) is 0 Å². The quantitative estimate of drug-likeness (QED) is 0.856. The first-order valence-electron chi connectivity index (χ1n) is 6.88. The van der Waals surface area contributed by atoms with E-state index in [-0.39, 0.29) is 11.9 Å². The highest BCUT2D eigenvalue weighted by Gasteiger charge is 2.17. The van der Waals surface area contributed by atoms with Crippen LogP contribution in [-0.4, -0.2) is 5.91 Å². The maximum absolute atomic E-state index is 10.8. The van der Waals surface area contributed by atoms with E-state index in [9.17, 15) is 4.79 Å². The van der Waals surface area contributed by atoms with E-state index in [0.29, 0.717) is 6.42 Å². The molecule has 1 aromatic rings. The Morgan fingerprint density at radius 2 is 1.37 bits per heavy atom. The number of amides is 1. The van der Waals surface area contributed by atoms with Gasteiger partial charge >= 0.3 is 0 Å². The van der Waals surface area contributed by atoms with Crippen molar-refractivity contribution in [3.05, 3.63) is 33.4 Å². The van der Waals surface area contributed by atoms with Gasteiger partial charge in [0.1, 0.15) is 0 Å². The molecule has 19 heavy (non-hydrogen) atoms. The molecule has 3 heteroatoms. The second-order valence-electron chi connectivity index (χ2n) is 5.50. The second kappa shape index (κ2) is 6.20. The van der Waals surface area contributed by atoms with Crippen LogP contribution in [0.15, 0.2) is 0 Å². The fraction of sp³-hybridized carbons (Fsp3) is 0.562. The molecule has 0 aliphatic rings. The highest BCUT2D eigenvalue weighted by atomic mass is 16.1. The van der Waals surface area contributed by atoms with Crippen molar-refractivity contribution < 1.29 is 4.79 Å². The van der Waals surface area contributed by atoms with Crippen LogP contribution in [0.2, 0.25) is 0 Å². The van der Waals surface area contributed by atoms with E-state index in [0.717, 1.165) is 12.8 Å². The third-order valence-corrected chi connectivity index (χ3v) is 4.37. The summed E-state index contributed by atoms with van der Waals surface area (Å²) in [4.78, 5) is 10.8. The summed E-state index contributed by atoms with van der Waals surface area (Å²) in [5.41, 5.74) is 19.3. The molecular formula is C16H26N2O. The van der Waals surface area contributed by atoms with E-state index in [1.54, 1.807) is 0 Å². The van der Waals surface area contributed by atoms with Crippen LogP contribution < -0.4 is 11.5 Å². The van der Waals surface area contributed by atoms with Gasteiger partial charge in [0.15, 0.2) is 0 Å². The molecule has 0 saturated carbocycles. The van der Waals surface area contributed by atoms with Crippen molar-refractivity contribution >= 4 is 5.91 Å². The number of hydrogen-bond acceptors (Lipinski definition) is 2. The average Bonchev–Trinajstić information content (AvgIpc) is 2.34. The maximum Gasteiger partial charge on any atom is 0.217 e. The summed E-state index contributed by atoms with van der Waals surface area (Å²) in [5, 5.41) is 0. The third kappa shape index (κ3) is 3.35. The van der Waals surface area contributed by atoms with Gasteiger partial charge in [-0.3, -0.25) is 4.79 Å². The van der Waals surface area contributed by atoms with E-state index in [2.05, 4.69) is 34.6 Å². The molecule has 1 aromatic carbocycles. The Morgan fingerprint density at radius 3 is 1.79 bits per heavy atom. The van der Waals surface area contributed by atoms with Crippen LogP contribution in [0.25, 0.3) is 0 Å². The van der Waals surface area contributed by atoms with Gasteiger partial charge in [0, 0.05) is 12.5 Å². The number of primary amides is 1. The fourth-order valence-electron chi connectivity index (χ4n) is 2.73. The zero-order valence-corrected chi connectivity index (χ0v) is 12.8. The molecule has 0 heterocycles. The zero-order chi connectivity index (χ0) is 14.7. The van der Waals surface area contributed by atoms with Crippen LogP contribution in [0.1, 0.15) is 58.7 Å². The van der Waals surface area contributed by atoms with Gasteiger partial charge < -0.3 is 11.5 Å². The molecule has 3 nitrogen and oxygen atoms in total. The second-order valence-corrected chi connectivity index (χ2v) is 5.50. The largest absolute Gasteiger partial charge is 0.370 e. The van der Waals surface area contributed by atoms with Crippen LogP contribution >= 0.6 is 0 Å². The van der Waals surface area contributed by atoms with E-state index in [4.69, 9.17) is 11.5 Å². The van der Waals surface area contributed by atoms with Gasteiger partial charge in [-0.25, -0.2) is 0 Å². The van der Waals surface area contributed by atoms with Crippen LogP contribution in [0, 0.1) is 34.6 Å². The molecule has 4 N–H and O–H groups in total. The van der Waals surface area contributed by atoms with Gasteiger partial charge in [-0.15, -0.1) is 0 Å². The average molecular weight is 262 g/mol.